The number of hydrogen-bond donors (Lipinski definition) is 1. The minimum Gasteiger partial charge on any atom is -0.481 e. The number of carbonyl (C=O) groups excluding carboxylic acids is 2. The van der Waals surface area contributed by atoms with Crippen molar-refractivity contribution in [3.05, 3.63) is 65.3 Å². The highest BCUT2D eigenvalue weighted by atomic mass is 35.5. The lowest BCUT2D eigenvalue weighted by atomic mass is 10.2. The molecular weight excluding hydrogens is 368 g/mol. The summed E-state index contributed by atoms with van der Waals surface area (Å²) in [5, 5.41) is 3.96. The number of pyridine rings is 1. The monoisotopic (exact) mass is 384 g/mol. The first-order chi connectivity index (χ1) is 13.1. The predicted molar refractivity (Wildman–Crippen MR) is 103 cm³/mol. The number of anilines is 1. The summed E-state index contributed by atoms with van der Waals surface area (Å²) in [6, 6.07) is 13.6. The lowest BCUT2D eigenvalue weighted by Gasteiger charge is -2.12. The van der Waals surface area contributed by atoms with Crippen LogP contribution in [0.2, 0.25) is 5.02 Å². The zero-order valence-corrected chi connectivity index (χ0v) is 15.3. The lowest BCUT2D eigenvalue weighted by Crippen LogP contribution is -2.22. The minimum absolute atomic E-state index is 0.246. The van der Waals surface area contributed by atoms with Gasteiger partial charge >= 0.3 is 5.97 Å². The summed E-state index contributed by atoms with van der Waals surface area (Å²) in [5.41, 5.74) is 1.22. The fraction of sp³-hybridized carbons (Fsp3) is 0.150. The van der Waals surface area contributed by atoms with Crippen molar-refractivity contribution in [1.29, 1.82) is 0 Å². The summed E-state index contributed by atoms with van der Waals surface area (Å²) in [6.07, 6.45) is 1.63. The van der Waals surface area contributed by atoms with E-state index < -0.39 is 11.9 Å². The molecule has 3 rings (SSSR count). The van der Waals surface area contributed by atoms with Gasteiger partial charge in [-0.2, -0.15) is 0 Å². The van der Waals surface area contributed by atoms with Crippen molar-refractivity contribution in [2.75, 3.05) is 18.5 Å². The third kappa shape index (κ3) is 4.35. The highest BCUT2D eigenvalue weighted by molar-refractivity contribution is 6.35. The Morgan fingerprint density at radius 1 is 1.11 bits per heavy atom. The maximum atomic E-state index is 12.3. The van der Waals surface area contributed by atoms with E-state index in [0.717, 1.165) is 5.39 Å². The SMILES string of the molecule is CCOC(=O)c1ccccc1NC(=O)COc1ccc(Cl)c2cccnc12. The van der Waals surface area contributed by atoms with E-state index in [0.29, 0.717) is 22.0 Å². The number of esters is 1. The number of nitrogens with zero attached hydrogens (tertiary/aromatic N) is 1. The molecule has 1 N–H and O–H groups in total. The molecule has 0 atom stereocenters. The number of aromatic nitrogens is 1. The number of amides is 1. The Kier molecular flexibility index (Phi) is 5.88. The van der Waals surface area contributed by atoms with Crippen LogP contribution in [-0.4, -0.2) is 30.1 Å². The molecule has 3 aromatic rings. The van der Waals surface area contributed by atoms with Crippen molar-refractivity contribution in [3.8, 4) is 5.75 Å². The highest BCUT2D eigenvalue weighted by Crippen LogP contribution is 2.29. The van der Waals surface area contributed by atoms with Crippen LogP contribution in [0, 0.1) is 0 Å². The molecule has 0 radical (unpaired) electrons. The molecule has 2 aromatic carbocycles. The Hall–Kier alpha value is -3.12. The highest BCUT2D eigenvalue weighted by Gasteiger charge is 2.15. The van der Waals surface area contributed by atoms with Crippen LogP contribution in [0.1, 0.15) is 17.3 Å². The van der Waals surface area contributed by atoms with Crippen LogP contribution >= 0.6 is 11.6 Å². The van der Waals surface area contributed by atoms with Crippen molar-refractivity contribution in [1.82, 2.24) is 4.98 Å². The van der Waals surface area contributed by atoms with Crippen molar-refractivity contribution >= 4 is 40.1 Å². The Morgan fingerprint density at radius 2 is 1.93 bits per heavy atom. The number of halogens is 1. The fourth-order valence-corrected chi connectivity index (χ4v) is 2.75. The van der Waals surface area contributed by atoms with Crippen LogP contribution in [-0.2, 0) is 9.53 Å². The molecule has 0 saturated heterocycles. The van der Waals surface area contributed by atoms with Gasteiger partial charge in [-0.1, -0.05) is 23.7 Å². The Balaban J connectivity index is 1.72. The predicted octanol–water partition coefficient (Wildman–Crippen LogP) is 4.08. The average Bonchev–Trinajstić information content (AvgIpc) is 2.68. The lowest BCUT2D eigenvalue weighted by molar-refractivity contribution is -0.118. The zero-order valence-electron chi connectivity index (χ0n) is 14.6. The second kappa shape index (κ2) is 8.51. The molecule has 1 amide bonds. The normalized spacial score (nSPS) is 10.4. The molecule has 1 heterocycles. The summed E-state index contributed by atoms with van der Waals surface area (Å²) in [6.45, 7) is 1.72. The first kappa shape index (κ1) is 18.7. The van der Waals surface area contributed by atoms with E-state index in [2.05, 4.69) is 10.3 Å². The summed E-state index contributed by atoms with van der Waals surface area (Å²) >= 11 is 6.15. The van der Waals surface area contributed by atoms with Crippen LogP contribution in [0.25, 0.3) is 10.9 Å². The quantitative estimate of drug-likeness (QED) is 0.648. The number of fused-ring (bicyclic) bond motifs is 1. The Bertz CT molecular complexity index is 991. The van der Waals surface area contributed by atoms with Crippen LogP contribution < -0.4 is 10.1 Å². The molecule has 138 valence electrons. The third-order valence-electron chi connectivity index (χ3n) is 3.73. The van der Waals surface area contributed by atoms with Crippen LogP contribution in [0.3, 0.4) is 0 Å². The molecule has 0 spiro atoms. The molecule has 0 bridgehead atoms. The van der Waals surface area contributed by atoms with Crippen molar-refractivity contribution in [2.24, 2.45) is 0 Å². The van der Waals surface area contributed by atoms with E-state index in [1.807, 2.05) is 6.07 Å². The van der Waals surface area contributed by atoms with E-state index in [9.17, 15) is 9.59 Å². The summed E-state index contributed by atoms with van der Waals surface area (Å²) < 4.78 is 10.6. The van der Waals surface area contributed by atoms with Crippen molar-refractivity contribution in [2.45, 2.75) is 6.92 Å². The maximum absolute atomic E-state index is 12.3. The third-order valence-corrected chi connectivity index (χ3v) is 4.06. The van der Waals surface area contributed by atoms with Gasteiger partial charge in [0.05, 0.1) is 22.9 Å². The van der Waals surface area contributed by atoms with E-state index in [-0.39, 0.29) is 18.8 Å². The average molecular weight is 385 g/mol. The summed E-state index contributed by atoms with van der Waals surface area (Å²) in [7, 11) is 0. The maximum Gasteiger partial charge on any atom is 0.340 e. The molecule has 0 unspecified atom stereocenters. The minimum atomic E-state index is -0.498. The van der Waals surface area contributed by atoms with Gasteiger partial charge in [0.1, 0.15) is 11.3 Å². The van der Waals surface area contributed by atoms with Crippen molar-refractivity contribution in [3.63, 3.8) is 0 Å². The van der Waals surface area contributed by atoms with Gasteiger partial charge in [0.2, 0.25) is 0 Å². The number of ether oxygens (including phenoxy) is 2. The molecule has 0 aliphatic heterocycles. The van der Waals surface area contributed by atoms with Gasteiger partial charge in [-0.05, 0) is 43.3 Å². The first-order valence-corrected chi connectivity index (χ1v) is 8.70. The smallest absolute Gasteiger partial charge is 0.340 e. The second-order valence-corrected chi connectivity index (χ2v) is 5.96. The molecule has 6 nitrogen and oxygen atoms in total. The number of para-hydroxylation sites is 1. The first-order valence-electron chi connectivity index (χ1n) is 8.32. The number of rotatable bonds is 6. The number of carbonyl (C=O) groups is 2. The van der Waals surface area contributed by atoms with E-state index >= 15 is 0 Å². The van der Waals surface area contributed by atoms with E-state index in [1.54, 1.807) is 55.6 Å². The van der Waals surface area contributed by atoms with E-state index in [1.165, 1.54) is 0 Å². The van der Waals surface area contributed by atoms with Gasteiger partial charge in [0, 0.05) is 11.6 Å². The van der Waals surface area contributed by atoms with Crippen molar-refractivity contribution < 1.29 is 19.1 Å². The van der Waals surface area contributed by atoms with Gasteiger partial charge in [0.25, 0.3) is 5.91 Å². The molecule has 1 aromatic heterocycles. The molecule has 0 aliphatic carbocycles. The number of hydrogen-bond acceptors (Lipinski definition) is 5. The molecule has 27 heavy (non-hydrogen) atoms. The van der Waals surface area contributed by atoms with Crippen LogP contribution in [0.5, 0.6) is 5.75 Å². The zero-order chi connectivity index (χ0) is 19.2. The molecule has 0 fully saturated rings. The van der Waals surface area contributed by atoms with Crippen LogP contribution in [0.4, 0.5) is 5.69 Å². The number of benzene rings is 2. The van der Waals surface area contributed by atoms with Gasteiger partial charge < -0.3 is 14.8 Å². The standard InChI is InChI=1S/C20H17ClN2O4/c1-2-26-20(25)14-6-3-4-8-16(14)23-18(24)12-27-17-10-9-15(21)13-7-5-11-22-19(13)17/h3-11H,2,12H2,1H3,(H,23,24). The summed E-state index contributed by atoms with van der Waals surface area (Å²) in [5.74, 6) is -0.461. The number of nitrogens with one attached hydrogen (secondary N) is 1. The topological polar surface area (TPSA) is 77.5 Å². The Labute approximate surface area is 161 Å². The van der Waals surface area contributed by atoms with Gasteiger partial charge in [0.15, 0.2) is 6.61 Å². The second-order valence-electron chi connectivity index (χ2n) is 5.55. The molecular formula is C20H17ClN2O4. The van der Waals surface area contributed by atoms with Gasteiger partial charge in [-0.25, -0.2) is 4.79 Å². The Morgan fingerprint density at radius 3 is 2.74 bits per heavy atom. The van der Waals surface area contributed by atoms with Gasteiger partial charge in [-0.15, -0.1) is 0 Å². The fourth-order valence-electron chi connectivity index (χ4n) is 2.54. The van der Waals surface area contributed by atoms with Crippen LogP contribution in [0.15, 0.2) is 54.7 Å². The van der Waals surface area contributed by atoms with Gasteiger partial charge in [-0.3, -0.25) is 9.78 Å². The molecule has 0 aliphatic rings. The largest absolute Gasteiger partial charge is 0.481 e. The molecule has 7 heteroatoms. The summed E-state index contributed by atoms with van der Waals surface area (Å²) in [4.78, 5) is 28.5. The van der Waals surface area contributed by atoms with E-state index in [4.69, 9.17) is 21.1 Å². The molecule has 0 saturated carbocycles.